The molecule has 2 aromatic heterocycles. The van der Waals surface area contributed by atoms with Crippen LogP contribution in [0.5, 0.6) is 0 Å². The second-order valence-corrected chi connectivity index (χ2v) is 7.96. The highest BCUT2D eigenvalue weighted by Crippen LogP contribution is 2.33. The van der Waals surface area contributed by atoms with Crippen LogP contribution in [0.3, 0.4) is 0 Å². The Bertz CT molecular complexity index is 698. The van der Waals surface area contributed by atoms with Gasteiger partial charge < -0.3 is 33.1 Å². The number of nitrogen functional groups attached to an aromatic ring is 1. The molecule has 10 heteroatoms. The van der Waals surface area contributed by atoms with Gasteiger partial charge in [-0.2, -0.15) is 0 Å². The van der Waals surface area contributed by atoms with Gasteiger partial charge in [0, 0.05) is 0 Å². The Labute approximate surface area is 142 Å². The van der Waals surface area contributed by atoms with E-state index in [0.717, 1.165) is 0 Å². The lowest BCUT2D eigenvalue weighted by Gasteiger charge is -2.18. The van der Waals surface area contributed by atoms with E-state index in [9.17, 15) is 10.2 Å². The highest BCUT2D eigenvalue weighted by molar-refractivity contribution is 7.95. The van der Waals surface area contributed by atoms with Crippen molar-refractivity contribution in [2.24, 2.45) is 0 Å². The number of aliphatic hydroxyl groups excluding tert-OH is 2. The third kappa shape index (κ3) is 3.11. The molecule has 1 aliphatic heterocycles. The van der Waals surface area contributed by atoms with Crippen LogP contribution in [0.1, 0.15) is 12.1 Å². The second kappa shape index (κ2) is 6.78. The molecule has 0 saturated carbocycles. The van der Waals surface area contributed by atoms with Gasteiger partial charge in [-0.05, 0) is 17.8 Å². The molecule has 1 fully saturated rings. The Morgan fingerprint density at radius 1 is 1.30 bits per heavy atom. The summed E-state index contributed by atoms with van der Waals surface area (Å²) < 4.78 is 7.57. The van der Waals surface area contributed by atoms with Gasteiger partial charge in [0.1, 0.15) is 36.2 Å². The number of fused-ring (bicyclic) bond motifs is 1. The summed E-state index contributed by atoms with van der Waals surface area (Å²) >= 11 is 0. The summed E-state index contributed by atoms with van der Waals surface area (Å²) in [6.07, 6.45) is 2.37. The number of hydrogen-bond donors (Lipinski definition) is 3. The maximum Gasteiger partial charge on any atom is 0.167 e. The van der Waals surface area contributed by atoms with Crippen LogP contribution >= 0.6 is 0 Å². The number of rotatable bonds is 3. The lowest BCUT2D eigenvalue weighted by atomic mass is 10.1. The molecular weight excluding hydrogens is 342 g/mol. The van der Waals surface area contributed by atoms with Crippen LogP contribution in [-0.2, 0) is 15.6 Å². The number of imidazole rings is 1. The summed E-state index contributed by atoms with van der Waals surface area (Å²) in [5.74, 6) is 1.57. The Morgan fingerprint density at radius 3 is 2.65 bits per heavy atom. The van der Waals surface area contributed by atoms with E-state index in [-0.39, 0.29) is 29.1 Å². The summed E-state index contributed by atoms with van der Waals surface area (Å²) in [4.78, 5) is 12.5. The molecular formula is C13H20ClN5O3S. The van der Waals surface area contributed by atoms with Crippen molar-refractivity contribution in [1.29, 1.82) is 0 Å². The Balaban J connectivity index is 0.00000192. The number of halogens is 1. The lowest BCUT2D eigenvalue weighted by Crippen LogP contribution is -3.00. The van der Waals surface area contributed by atoms with Crippen LogP contribution in [0.2, 0.25) is 0 Å². The molecule has 1 saturated heterocycles. The van der Waals surface area contributed by atoms with Crippen LogP contribution in [0.15, 0.2) is 6.33 Å². The van der Waals surface area contributed by atoms with Gasteiger partial charge in [-0.25, -0.2) is 15.0 Å². The number of hydrogen-bond acceptors (Lipinski definition) is 7. The molecule has 0 unspecified atom stereocenters. The summed E-state index contributed by atoms with van der Waals surface area (Å²) in [6, 6.07) is 0. The SMILES string of the molecule is Cc1nc2c(N)ncnc2n1[C@@H]1O[C@H](C[S+](C)C)[C@@H](O)[C@H]1O.[Cl-]. The third-order valence-electron chi connectivity index (χ3n) is 3.77. The maximum absolute atomic E-state index is 10.4. The average Bonchev–Trinajstić information content (AvgIpc) is 2.91. The molecule has 4 atom stereocenters. The molecule has 1 aliphatic rings. The molecule has 0 radical (unpaired) electrons. The fourth-order valence-corrected chi connectivity index (χ4v) is 3.68. The fraction of sp³-hybridized carbons (Fsp3) is 0.615. The lowest BCUT2D eigenvalue weighted by molar-refractivity contribution is -0.0301. The van der Waals surface area contributed by atoms with Gasteiger partial charge in [0.25, 0.3) is 0 Å². The van der Waals surface area contributed by atoms with Gasteiger partial charge in [0.2, 0.25) is 0 Å². The molecule has 128 valence electrons. The number of nitrogens with two attached hydrogens (primary N) is 1. The quantitative estimate of drug-likeness (QED) is 0.480. The zero-order valence-electron chi connectivity index (χ0n) is 13.0. The first-order valence-corrected chi connectivity index (χ1v) is 9.12. The maximum atomic E-state index is 10.4. The summed E-state index contributed by atoms with van der Waals surface area (Å²) in [7, 11) is 0.0945. The van der Waals surface area contributed by atoms with E-state index in [4.69, 9.17) is 10.5 Å². The molecule has 2 aromatic rings. The standard InChI is InChI=1S/C13H20N5O3S.ClH/c1-6-17-8-11(14)15-5-16-12(8)18(6)13-10(20)9(19)7(21-13)4-22(2)3;/h5,7,9-10,13,19-20H,4H2,1-3H3,(H2,14,15,16);1H/q+1;/p-1/t7-,9-,10-,13-;/m1./s1. The normalized spacial score (nSPS) is 27.6. The topological polar surface area (TPSA) is 119 Å². The van der Waals surface area contributed by atoms with E-state index in [2.05, 4.69) is 27.5 Å². The molecule has 0 bridgehead atoms. The molecule has 8 nitrogen and oxygen atoms in total. The van der Waals surface area contributed by atoms with Gasteiger partial charge in [-0.1, -0.05) is 0 Å². The van der Waals surface area contributed by atoms with Crippen molar-refractivity contribution < 1.29 is 27.4 Å². The van der Waals surface area contributed by atoms with Gasteiger partial charge in [-0.15, -0.1) is 0 Å². The molecule has 23 heavy (non-hydrogen) atoms. The van der Waals surface area contributed by atoms with Crippen LogP contribution in [0, 0.1) is 6.92 Å². The largest absolute Gasteiger partial charge is 1.00 e. The first-order chi connectivity index (χ1) is 10.4. The minimum atomic E-state index is -1.04. The van der Waals surface area contributed by atoms with Crippen LogP contribution in [0.25, 0.3) is 11.2 Å². The first kappa shape index (κ1) is 18.2. The van der Waals surface area contributed by atoms with Gasteiger partial charge >= 0.3 is 0 Å². The van der Waals surface area contributed by atoms with Crippen LogP contribution in [0.4, 0.5) is 5.82 Å². The van der Waals surface area contributed by atoms with E-state index in [0.29, 0.717) is 22.7 Å². The van der Waals surface area contributed by atoms with Crippen molar-refractivity contribution in [1.82, 2.24) is 19.5 Å². The molecule has 0 amide bonds. The Morgan fingerprint density at radius 2 is 2.00 bits per heavy atom. The molecule has 3 heterocycles. The van der Waals surface area contributed by atoms with Crippen molar-refractivity contribution in [3.8, 4) is 0 Å². The van der Waals surface area contributed by atoms with Crippen molar-refractivity contribution in [2.75, 3.05) is 24.0 Å². The third-order valence-corrected chi connectivity index (χ3v) is 4.77. The molecule has 3 rings (SSSR count). The molecule has 0 aromatic carbocycles. The molecule has 4 N–H and O–H groups in total. The van der Waals surface area contributed by atoms with E-state index in [1.54, 1.807) is 11.5 Å². The van der Waals surface area contributed by atoms with Gasteiger partial charge in [0.05, 0.1) is 12.5 Å². The summed E-state index contributed by atoms with van der Waals surface area (Å²) in [6.45, 7) is 1.78. The van der Waals surface area contributed by atoms with Gasteiger partial charge in [-0.3, -0.25) is 4.57 Å². The van der Waals surface area contributed by atoms with Crippen molar-refractivity contribution >= 4 is 27.9 Å². The highest BCUT2D eigenvalue weighted by atomic mass is 35.5. The predicted molar refractivity (Wildman–Crippen MR) is 84.5 cm³/mol. The minimum absolute atomic E-state index is 0. The average molecular weight is 362 g/mol. The molecule has 0 aliphatic carbocycles. The van der Waals surface area contributed by atoms with E-state index in [1.807, 2.05) is 0 Å². The Hall–Kier alpha value is -1.13. The smallest absolute Gasteiger partial charge is 0.167 e. The molecule has 0 spiro atoms. The predicted octanol–water partition coefficient (Wildman–Crippen LogP) is -3.78. The van der Waals surface area contributed by atoms with Crippen molar-refractivity contribution in [3.63, 3.8) is 0 Å². The number of ether oxygens (including phenoxy) is 1. The Kier molecular flexibility index (Phi) is 5.37. The number of aliphatic hydroxyl groups is 2. The minimum Gasteiger partial charge on any atom is -1.00 e. The zero-order valence-corrected chi connectivity index (χ0v) is 14.6. The van der Waals surface area contributed by atoms with Crippen molar-refractivity contribution in [2.45, 2.75) is 31.5 Å². The monoisotopic (exact) mass is 361 g/mol. The second-order valence-electron chi connectivity index (χ2n) is 5.66. The number of aryl methyl sites for hydroxylation is 1. The highest BCUT2D eigenvalue weighted by Gasteiger charge is 2.46. The van der Waals surface area contributed by atoms with Crippen LogP contribution < -0.4 is 18.1 Å². The summed E-state index contributed by atoms with van der Waals surface area (Å²) in [5, 5.41) is 20.6. The number of anilines is 1. The first-order valence-electron chi connectivity index (χ1n) is 6.91. The van der Waals surface area contributed by atoms with Gasteiger partial charge in [0.15, 0.2) is 23.2 Å². The van der Waals surface area contributed by atoms with E-state index >= 15 is 0 Å². The zero-order chi connectivity index (χ0) is 16.0. The van der Waals surface area contributed by atoms with Crippen LogP contribution in [-0.4, -0.2) is 66.3 Å². The number of aromatic nitrogens is 4. The number of nitrogens with zero attached hydrogens (tertiary/aromatic N) is 4. The van der Waals surface area contributed by atoms with E-state index in [1.165, 1.54) is 6.33 Å². The van der Waals surface area contributed by atoms with Crippen molar-refractivity contribution in [3.05, 3.63) is 12.2 Å². The summed E-state index contributed by atoms with van der Waals surface area (Å²) in [5.41, 5.74) is 6.78. The van der Waals surface area contributed by atoms with E-state index < -0.39 is 24.5 Å². The fourth-order valence-electron chi connectivity index (χ4n) is 2.75.